The first-order valence-electron chi connectivity index (χ1n) is 6.89. The lowest BCUT2D eigenvalue weighted by atomic mass is 10.2. The highest BCUT2D eigenvalue weighted by Gasteiger charge is 2.06. The molecule has 0 radical (unpaired) electrons. The Morgan fingerprint density at radius 2 is 2.00 bits per heavy atom. The van der Waals surface area contributed by atoms with Crippen molar-refractivity contribution in [1.82, 2.24) is 10.3 Å². The molecule has 3 nitrogen and oxygen atoms in total. The summed E-state index contributed by atoms with van der Waals surface area (Å²) >= 11 is 11.9. The van der Waals surface area contributed by atoms with Crippen molar-refractivity contribution in [2.45, 2.75) is 26.8 Å². The van der Waals surface area contributed by atoms with Gasteiger partial charge in [0.15, 0.2) is 0 Å². The summed E-state index contributed by atoms with van der Waals surface area (Å²) in [6.07, 6.45) is 2.94. The minimum Gasteiger partial charge on any atom is -0.439 e. The normalized spacial score (nSPS) is 10.7. The third-order valence-electron chi connectivity index (χ3n) is 2.95. The molecule has 0 aliphatic heterocycles. The molecule has 0 fully saturated rings. The number of hydrogen-bond acceptors (Lipinski definition) is 3. The molecule has 1 heterocycles. The van der Waals surface area contributed by atoms with Crippen LogP contribution >= 0.6 is 23.2 Å². The molecule has 0 atom stereocenters. The molecule has 5 heteroatoms. The maximum atomic E-state index is 5.98. The van der Waals surface area contributed by atoms with Crippen LogP contribution in [0.25, 0.3) is 0 Å². The molecule has 0 saturated heterocycles. The lowest BCUT2D eigenvalue weighted by molar-refractivity contribution is 0.458. The highest BCUT2D eigenvalue weighted by atomic mass is 35.5. The van der Waals surface area contributed by atoms with Gasteiger partial charge in [0.25, 0.3) is 0 Å². The van der Waals surface area contributed by atoms with Gasteiger partial charge in [0.05, 0.1) is 10.0 Å². The second-order valence-corrected chi connectivity index (χ2v) is 5.63. The summed E-state index contributed by atoms with van der Waals surface area (Å²) in [6, 6.07) is 7.23. The number of nitrogens with one attached hydrogen (secondary N) is 1. The Kier molecular flexibility index (Phi) is 5.85. The van der Waals surface area contributed by atoms with Gasteiger partial charge < -0.3 is 10.1 Å². The predicted octanol–water partition coefficient (Wildman–Crippen LogP) is 4.99. The van der Waals surface area contributed by atoms with Gasteiger partial charge in [-0.25, -0.2) is 4.98 Å². The number of halogens is 2. The Morgan fingerprint density at radius 3 is 2.67 bits per heavy atom. The van der Waals surface area contributed by atoms with Crippen LogP contribution in [-0.4, -0.2) is 11.5 Å². The number of pyridine rings is 1. The van der Waals surface area contributed by atoms with Crippen LogP contribution in [0, 0.1) is 6.92 Å². The van der Waals surface area contributed by atoms with Gasteiger partial charge in [-0.1, -0.05) is 30.1 Å². The Bertz CT molecular complexity index is 617. The van der Waals surface area contributed by atoms with Crippen molar-refractivity contribution in [3.05, 3.63) is 51.6 Å². The SMILES string of the molecule is CCCNCc1cnc(Oc2ccc(Cl)c(Cl)c2)c(C)c1. The summed E-state index contributed by atoms with van der Waals surface area (Å²) in [7, 11) is 0. The predicted molar refractivity (Wildman–Crippen MR) is 87.5 cm³/mol. The van der Waals surface area contributed by atoms with Crippen molar-refractivity contribution in [1.29, 1.82) is 0 Å². The van der Waals surface area contributed by atoms with Crippen LogP contribution in [0.3, 0.4) is 0 Å². The Balaban J connectivity index is 2.08. The summed E-state index contributed by atoms with van der Waals surface area (Å²) in [5.41, 5.74) is 2.12. The van der Waals surface area contributed by atoms with Crippen LogP contribution in [-0.2, 0) is 6.54 Å². The molecule has 1 aromatic heterocycles. The average Bonchev–Trinajstić information content (AvgIpc) is 2.46. The monoisotopic (exact) mass is 324 g/mol. The fraction of sp³-hybridized carbons (Fsp3) is 0.312. The third kappa shape index (κ3) is 4.60. The topological polar surface area (TPSA) is 34.2 Å². The molecular formula is C16H18Cl2N2O. The average molecular weight is 325 g/mol. The Labute approximate surface area is 135 Å². The fourth-order valence-corrected chi connectivity index (χ4v) is 2.17. The van der Waals surface area contributed by atoms with E-state index in [1.807, 2.05) is 13.1 Å². The number of nitrogens with zero attached hydrogens (tertiary/aromatic N) is 1. The summed E-state index contributed by atoms with van der Waals surface area (Å²) in [6.45, 7) is 5.93. The second-order valence-electron chi connectivity index (χ2n) is 4.82. The summed E-state index contributed by atoms with van der Waals surface area (Å²) in [4.78, 5) is 4.37. The largest absolute Gasteiger partial charge is 0.439 e. The lowest BCUT2D eigenvalue weighted by Crippen LogP contribution is -2.14. The van der Waals surface area contributed by atoms with E-state index in [1.54, 1.807) is 18.2 Å². The second kappa shape index (κ2) is 7.64. The van der Waals surface area contributed by atoms with E-state index in [0.29, 0.717) is 21.7 Å². The van der Waals surface area contributed by atoms with Crippen LogP contribution in [0.4, 0.5) is 0 Å². The minimum absolute atomic E-state index is 0.465. The van der Waals surface area contributed by atoms with Crippen LogP contribution in [0.15, 0.2) is 30.5 Å². The van der Waals surface area contributed by atoms with Crippen molar-refractivity contribution in [2.24, 2.45) is 0 Å². The molecule has 2 rings (SSSR count). The van der Waals surface area contributed by atoms with Gasteiger partial charge in [0, 0.05) is 24.4 Å². The van der Waals surface area contributed by atoms with Crippen LogP contribution < -0.4 is 10.1 Å². The molecule has 1 N–H and O–H groups in total. The van der Waals surface area contributed by atoms with E-state index in [-0.39, 0.29) is 0 Å². The lowest BCUT2D eigenvalue weighted by Gasteiger charge is -2.10. The molecule has 0 spiro atoms. The first kappa shape index (κ1) is 16.1. The summed E-state index contributed by atoms with van der Waals surface area (Å²) < 4.78 is 5.75. The number of ether oxygens (including phenoxy) is 1. The van der Waals surface area contributed by atoms with Gasteiger partial charge >= 0.3 is 0 Å². The number of aryl methyl sites for hydroxylation is 1. The van der Waals surface area contributed by atoms with Crippen molar-refractivity contribution >= 4 is 23.2 Å². The standard InChI is InChI=1S/C16H18Cl2N2O/c1-3-6-19-9-12-7-11(2)16(20-10-12)21-13-4-5-14(17)15(18)8-13/h4-5,7-8,10,19H,3,6,9H2,1-2H3. The molecule has 0 aliphatic carbocycles. The summed E-state index contributed by atoms with van der Waals surface area (Å²) in [5, 5.41) is 4.32. The zero-order valence-corrected chi connectivity index (χ0v) is 13.6. The zero-order valence-electron chi connectivity index (χ0n) is 12.1. The van der Waals surface area contributed by atoms with E-state index < -0.39 is 0 Å². The van der Waals surface area contributed by atoms with E-state index in [0.717, 1.165) is 30.6 Å². The molecule has 0 bridgehead atoms. The third-order valence-corrected chi connectivity index (χ3v) is 3.69. The molecule has 0 saturated carbocycles. The molecular weight excluding hydrogens is 307 g/mol. The summed E-state index contributed by atoms with van der Waals surface area (Å²) in [5.74, 6) is 1.20. The minimum atomic E-state index is 0.465. The number of rotatable bonds is 6. The molecule has 0 amide bonds. The van der Waals surface area contributed by atoms with Gasteiger partial charge in [-0.2, -0.15) is 0 Å². The highest BCUT2D eigenvalue weighted by molar-refractivity contribution is 6.42. The highest BCUT2D eigenvalue weighted by Crippen LogP contribution is 2.29. The van der Waals surface area contributed by atoms with Gasteiger partial charge in [0.1, 0.15) is 5.75 Å². The van der Waals surface area contributed by atoms with Gasteiger partial charge in [0.2, 0.25) is 5.88 Å². The van der Waals surface area contributed by atoms with Crippen LogP contribution in [0.2, 0.25) is 10.0 Å². The van der Waals surface area contributed by atoms with Crippen molar-refractivity contribution in [3.8, 4) is 11.6 Å². The van der Waals surface area contributed by atoms with E-state index in [4.69, 9.17) is 27.9 Å². The van der Waals surface area contributed by atoms with Crippen LogP contribution in [0.1, 0.15) is 24.5 Å². The number of benzene rings is 1. The molecule has 112 valence electrons. The first-order chi connectivity index (χ1) is 10.1. The molecule has 0 unspecified atom stereocenters. The molecule has 21 heavy (non-hydrogen) atoms. The van der Waals surface area contributed by atoms with E-state index in [1.165, 1.54) is 0 Å². The molecule has 2 aromatic rings. The van der Waals surface area contributed by atoms with Crippen molar-refractivity contribution < 1.29 is 4.74 Å². The van der Waals surface area contributed by atoms with E-state index >= 15 is 0 Å². The Morgan fingerprint density at radius 1 is 1.19 bits per heavy atom. The Hall–Kier alpha value is -1.29. The first-order valence-corrected chi connectivity index (χ1v) is 7.65. The van der Waals surface area contributed by atoms with Crippen molar-refractivity contribution in [3.63, 3.8) is 0 Å². The molecule has 1 aromatic carbocycles. The quantitative estimate of drug-likeness (QED) is 0.760. The fourth-order valence-electron chi connectivity index (χ4n) is 1.89. The van der Waals surface area contributed by atoms with Gasteiger partial charge in [-0.05, 0) is 43.7 Å². The maximum absolute atomic E-state index is 5.98. The number of aromatic nitrogens is 1. The van der Waals surface area contributed by atoms with E-state index in [2.05, 4.69) is 23.3 Å². The van der Waals surface area contributed by atoms with Gasteiger partial charge in [-0.3, -0.25) is 0 Å². The number of hydrogen-bond donors (Lipinski definition) is 1. The van der Waals surface area contributed by atoms with E-state index in [9.17, 15) is 0 Å². The van der Waals surface area contributed by atoms with Crippen LogP contribution in [0.5, 0.6) is 11.6 Å². The van der Waals surface area contributed by atoms with Crippen molar-refractivity contribution in [2.75, 3.05) is 6.54 Å². The maximum Gasteiger partial charge on any atom is 0.222 e. The smallest absolute Gasteiger partial charge is 0.222 e. The molecule has 0 aliphatic rings. The van der Waals surface area contributed by atoms with Gasteiger partial charge in [-0.15, -0.1) is 0 Å². The zero-order chi connectivity index (χ0) is 15.2.